The predicted molar refractivity (Wildman–Crippen MR) is 253 cm³/mol. The van der Waals surface area contributed by atoms with Crippen molar-refractivity contribution < 1.29 is 15.0 Å². The molecule has 0 saturated carbocycles. The first kappa shape index (κ1) is 55.6. The molecule has 0 spiro atoms. The highest BCUT2D eigenvalue weighted by molar-refractivity contribution is 5.76. The zero-order valence-electron chi connectivity index (χ0n) is 38.6. The second-order valence-electron chi connectivity index (χ2n) is 17.6. The van der Waals surface area contributed by atoms with Crippen molar-refractivity contribution in [3.05, 3.63) is 36.5 Å². The predicted octanol–water partition coefficient (Wildman–Crippen LogP) is 16.5. The van der Waals surface area contributed by atoms with Gasteiger partial charge in [-0.2, -0.15) is 0 Å². The van der Waals surface area contributed by atoms with Gasteiger partial charge in [0.1, 0.15) is 0 Å². The van der Waals surface area contributed by atoms with Crippen LogP contribution < -0.4 is 5.32 Å². The van der Waals surface area contributed by atoms with E-state index in [9.17, 15) is 15.0 Å². The van der Waals surface area contributed by atoms with Crippen molar-refractivity contribution in [3.8, 4) is 0 Å². The highest BCUT2D eigenvalue weighted by Crippen LogP contribution is 2.17. The zero-order valence-corrected chi connectivity index (χ0v) is 38.6. The summed E-state index contributed by atoms with van der Waals surface area (Å²) in [6, 6.07) is -0.539. The Bertz CT molecular complexity index is 866. The molecule has 0 heterocycles. The van der Waals surface area contributed by atoms with Crippen molar-refractivity contribution in [1.82, 2.24) is 5.32 Å². The standard InChI is InChI=1S/C53H101NO3/c1-3-5-7-9-11-13-15-17-19-21-23-25-26-27-28-29-31-33-35-37-39-41-43-45-47-49-53(57)54-51(50-55)52(56)48-46-44-42-40-38-36-34-32-30-24-22-20-18-16-14-12-10-8-6-4-2/h15,17,21,23,26-27,51-52,55-56H,3-14,16,18-20,22,24-25,28-50H2,1-2H3,(H,54,57)/b17-15-,23-21-,27-26-. The average Bonchev–Trinajstić information content (AvgIpc) is 3.22. The minimum Gasteiger partial charge on any atom is -0.394 e. The smallest absolute Gasteiger partial charge is 0.220 e. The molecule has 336 valence electrons. The molecular weight excluding hydrogens is 699 g/mol. The van der Waals surface area contributed by atoms with E-state index in [2.05, 4.69) is 55.6 Å². The van der Waals surface area contributed by atoms with Crippen molar-refractivity contribution in [3.63, 3.8) is 0 Å². The third-order valence-electron chi connectivity index (χ3n) is 11.9. The molecule has 0 aromatic heterocycles. The Morgan fingerprint density at radius 2 is 0.719 bits per heavy atom. The van der Waals surface area contributed by atoms with E-state index in [-0.39, 0.29) is 12.5 Å². The molecule has 4 nitrogen and oxygen atoms in total. The van der Waals surface area contributed by atoms with Crippen LogP contribution in [0.1, 0.15) is 277 Å². The number of hydrogen-bond donors (Lipinski definition) is 3. The second kappa shape index (κ2) is 49.0. The number of hydrogen-bond acceptors (Lipinski definition) is 3. The van der Waals surface area contributed by atoms with Gasteiger partial charge in [-0.1, -0.05) is 256 Å². The normalized spacial score (nSPS) is 13.1. The molecule has 2 atom stereocenters. The summed E-state index contributed by atoms with van der Waals surface area (Å²) in [7, 11) is 0. The molecular formula is C53H101NO3. The summed E-state index contributed by atoms with van der Waals surface area (Å²) in [4.78, 5) is 12.5. The lowest BCUT2D eigenvalue weighted by Crippen LogP contribution is -2.45. The fourth-order valence-electron chi connectivity index (χ4n) is 7.96. The van der Waals surface area contributed by atoms with Gasteiger partial charge in [0, 0.05) is 6.42 Å². The Balaban J connectivity index is 3.50. The zero-order chi connectivity index (χ0) is 41.4. The number of aliphatic hydroxyl groups excluding tert-OH is 2. The van der Waals surface area contributed by atoms with Gasteiger partial charge >= 0.3 is 0 Å². The molecule has 0 aromatic rings. The molecule has 0 aromatic carbocycles. The first-order valence-electron chi connectivity index (χ1n) is 25.7. The van der Waals surface area contributed by atoms with Gasteiger partial charge in [-0.15, -0.1) is 0 Å². The molecule has 3 N–H and O–H groups in total. The van der Waals surface area contributed by atoms with Crippen molar-refractivity contribution in [1.29, 1.82) is 0 Å². The highest BCUT2D eigenvalue weighted by atomic mass is 16.3. The topological polar surface area (TPSA) is 69.6 Å². The summed E-state index contributed by atoms with van der Waals surface area (Å²) in [6.45, 7) is 4.37. The van der Waals surface area contributed by atoms with Crippen LogP contribution in [0.5, 0.6) is 0 Å². The Kier molecular flexibility index (Phi) is 47.8. The highest BCUT2D eigenvalue weighted by Gasteiger charge is 2.20. The SMILES string of the molecule is CCCCCCC/C=C\C/C=C\C/C=C\CCCCCCCCCCCCC(=O)NC(CO)C(O)CCCCCCCCCCCCCCCCCCCCCC. The third-order valence-corrected chi connectivity index (χ3v) is 11.9. The van der Waals surface area contributed by atoms with Crippen LogP contribution in [0.25, 0.3) is 0 Å². The molecule has 0 aliphatic heterocycles. The van der Waals surface area contributed by atoms with Gasteiger partial charge in [0.2, 0.25) is 5.91 Å². The summed E-state index contributed by atoms with van der Waals surface area (Å²) in [5.74, 6) is -0.0329. The largest absolute Gasteiger partial charge is 0.394 e. The molecule has 0 rings (SSSR count). The fraction of sp³-hybridized carbons (Fsp3) is 0.868. The molecule has 0 bridgehead atoms. The molecule has 0 saturated heterocycles. The molecule has 4 heteroatoms. The number of rotatable bonds is 47. The quantitative estimate of drug-likeness (QED) is 0.0424. The Morgan fingerprint density at radius 1 is 0.421 bits per heavy atom. The molecule has 0 radical (unpaired) electrons. The van der Waals surface area contributed by atoms with Crippen molar-refractivity contribution in [2.75, 3.05) is 6.61 Å². The van der Waals surface area contributed by atoms with Crippen molar-refractivity contribution in [2.45, 2.75) is 289 Å². The summed E-state index contributed by atoms with van der Waals surface area (Å²) < 4.78 is 0. The van der Waals surface area contributed by atoms with E-state index in [0.29, 0.717) is 12.8 Å². The van der Waals surface area contributed by atoms with Crippen LogP contribution in [0, 0.1) is 0 Å². The molecule has 0 aliphatic rings. The van der Waals surface area contributed by atoms with Crippen LogP contribution in [0.2, 0.25) is 0 Å². The number of unbranched alkanes of at least 4 members (excludes halogenated alkanes) is 34. The molecule has 2 unspecified atom stereocenters. The average molecular weight is 800 g/mol. The van der Waals surface area contributed by atoms with E-state index in [4.69, 9.17) is 0 Å². The lowest BCUT2D eigenvalue weighted by Gasteiger charge is -2.22. The first-order valence-corrected chi connectivity index (χ1v) is 25.7. The third kappa shape index (κ3) is 45.5. The van der Waals surface area contributed by atoms with E-state index in [0.717, 1.165) is 38.5 Å². The summed E-state index contributed by atoms with van der Waals surface area (Å²) in [5, 5.41) is 23.3. The van der Waals surface area contributed by atoms with Crippen LogP contribution in [0.3, 0.4) is 0 Å². The number of amides is 1. The monoisotopic (exact) mass is 800 g/mol. The van der Waals surface area contributed by atoms with Gasteiger partial charge < -0.3 is 15.5 Å². The van der Waals surface area contributed by atoms with Crippen molar-refractivity contribution in [2.24, 2.45) is 0 Å². The summed E-state index contributed by atoms with van der Waals surface area (Å²) >= 11 is 0. The number of carbonyl (C=O) groups excluding carboxylic acids is 1. The Morgan fingerprint density at radius 3 is 1.07 bits per heavy atom. The van der Waals surface area contributed by atoms with Gasteiger partial charge in [0.25, 0.3) is 0 Å². The van der Waals surface area contributed by atoms with E-state index < -0.39 is 12.1 Å². The second-order valence-corrected chi connectivity index (χ2v) is 17.6. The minimum absolute atomic E-state index is 0.0329. The lowest BCUT2D eigenvalue weighted by atomic mass is 10.0. The lowest BCUT2D eigenvalue weighted by molar-refractivity contribution is -0.123. The van der Waals surface area contributed by atoms with Crippen LogP contribution in [-0.2, 0) is 4.79 Å². The first-order chi connectivity index (χ1) is 28.2. The summed E-state index contributed by atoms with van der Waals surface area (Å²) in [5.41, 5.74) is 0. The maximum atomic E-state index is 12.5. The van der Waals surface area contributed by atoms with Crippen molar-refractivity contribution >= 4 is 5.91 Å². The molecule has 0 aliphatic carbocycles. The minimum atomic E-state index is -0.662. The van der Waals surface area contributed by atoms with E-state index in [1.165, 1.54) is 212 Å². The van der Waals surface area contributed by atoms with Crippen LogP contribution in [-0.4, -0.2) is 34.9 Å². The van der Waals surface area contributed by atoms with Crippen LogP contribution in [0.15, 0.2) is 36.5 Å². The number of aliphatic hydroxyl groups is 2. The van der Waals surface area contributed by atoms with Crippen LogP contribution >= 0.6 is 0 Å². The molecule has 0 fully saturated rings. The van der Waals surface area contributed by atoms with Gasteiger partial charge in [0.15, 0.2) is 0 Å². The van der Waals surface area contributed by atoms with E-state index in [1.54, 1.807) is 0 Å². The van der Waals surface area contributed by atoms with Gasteiger partial charge in [-0.25, -0.2) is 0 Å². The number of nitrogens with one attached hydrogen (secondary N) is 1. The maximum absolute atomic E-state index is 12.5. The maximum Gasteiger partial charge on any atom is 0.220 e. The number of carbonyl (C=O) groups is 1. The fourth-order valence-corrected chi connectivity index (χ4v) is 7.96. The summed E-state index contributed by atoms with van der Waals surface area (Å²) in [6.07, 6.45) is 65.3. The Hall–Kier alpha value is -1.39. The van der Waals surface area contributed by atoms with Gasteiger partial charge in [-0.05, 0) is 51.4 Å². The van der Waals surface area contributed by atoms with E-state index in [1.807, 2.05) is 0 Å². The molecule has 57 heavy (non-hydrogen) atoms. The van der Waals surface area contributed by atoms with Gasteiger partial charge in [0.05, 0.1) is 18.8 Å². The number of allylic oxidation sites excluding steroid dienone is 6. The van der Waals surface area contributed by atoms with E-state index >= 15 is 0 Å². The van der Waals surface area contributed by atoms with Gasteiger partial charge in [-0.3, -0.25) is 4.79 Å². The Labute approximate surface area is 357 Å². The van der Waals surface area contributed by atoms with Crippen LogP contribution in [0.4, 0.5) is 0 Å². The molecule has 1 amide bonds.